The molecule has 0 saturated carbocycles. The average Bonchev–Trinajstić information content (AvgIpc) is 2.76. The van der Waals surface area contributed by atoms with Gasteiger partial charge in [-0.15, -0.1) is 0 Å². The summed E-state index contributed by atoms with van der Waals surface area (Å²) in [5, 5.41) is 0. The molecule has 4 heteroatoms. The zero-order valence-corrected chi connectivity index (χ0v) is 15.7. The monoisotopic (exact) mass is 374 g/mol. The topological polar surface area (TPSA) is 44.8 Å². The Morgan fingerprint density at radius 2 is 1.46 bits per heavy atom. The van der Waals surface area contributed by atoms with Crippen molar-refractivity contribution in [2.45, 2.75) is 13.2 Å². The van der Waals surface area contributed by atoms with Crippen LogP contribution in [0.2, 0.25) is 0 Å². The van der Waals surface area contributed by atoms with Gasteiger partial charge in [-0.3, -0.25) is 0 Å². The van der Waals surface area contributed by atoms with Crippen LogP contribution in [0.4, 0.5) is 0 Å². The van der Waals surface area contributed by atoms with Gasteiger partial charge >= 0.3 is 5.97 Å². The molecule has 0 aromatic heterocycles. The highest BCUT2D eigenvalue weighted by Crippen LogP contribution is 2.29. The second-order valence-corrected chi connectivity index (χ2v) is 6.11. The van der Waals surface area contributed by atoms with Crippen LogP contribution < -0.4 is 9.47 Å². The fourth-order valence-electron chi connectivity index (χ4n) is 2.58. The lowest BCUT2D eigenvalue weighted by atomic mass is 10.2. The molecule has 0 saturated heterocycles. The van der Waals surface area contributed by atoms with E-state index >= 15 is 0 Å². The molecular weight excluding hydrogens is 352 g/mol. The molecule has 3 rings (SSSR count). The number of carbonyl (C=O) groups excluding carboxylic acids is 1. The van der Waals surface area contributed by atoms with Gasteiger partial charge in [-0.05, 0) is 34.9 Å². The summed E-state index contributed by atoms with van der Waals surface area (Å²) in [6.07, 6.45) is 3.10. The zero-order chi connectivity index (χ0) is 19.6. The third kappa shape index (κ3) is 5.74. The lowest BCUT2D eigenvalue weighted by molar-refractivity contribution is -0.138. The summed E-state index contributed by atoms with van der Waals surface area (Å²) < 4.78 is 16.5. The molecule has 0 aliphatic heterocycles. The van der Waals surface area contributed by atoms with E-state index in [1.54, 1.807) is 13.2 Å². The van der Waals surface area contributed by atoms with Gasteiger partial charge < -0.3 is 14.2 Å². The SMILES string of the molecule is COc1cc(/C=C/C(=O)OCc2ccccc2)ccc1OCc1ccccc1. The normalized spacial score (nSPS) is 10.6. The molecule has 0 atom stereocenters. The Kier molecular flexibility index (Phi) is 6.85. The third-order valence-corrected chi connectivity index (χ3v) is 4.06. The molecule has 0 unspecified atom stereocenters. The van der Waals surface area contributed by atoms with Crippen LogP contribution in [-0.2, 0) is 22.7 Å². The van der Waals surface area contributed by atoms with Crippen molar-refractivity contribution < 1.29 is 19.0 Å². The highest BCUT2D eigenvalue weighted by atomic mass is 16.5. The Balaban J connectivity index is 1.58. The molecule has 4 nitrogen and oxygen atoms in total. The molecule has 0 spiro atoms. The van der Waals surface area contributed by atoms with Gasteiger partial charge in [-0.25, -0.2) is 4.79 Å². The van der Waals surface area contributed by atoms with Crippen molar-refractivity contribution in [2.75, 3.05) is 7.11 Å². The minimum absolute atomic E-state index is 0.250. The van der Waals surface area contributed by atoms with Crippen molar-refractivity contribution in [3.05, 3.63) is 102 Å². The van der Waals surface area contributed by atoms with E-state index in [2.05, 4.69) is 0 Å². The first kappa shape index (κ1) is 19.2. The van der Waals surface area contributed by atoms with Crippen molar-refractivity contribution in [3.8, 4) is 11.5 Å². The van der Waals surface area contributed by atoms with E-state index in [9.17, 15) is 4.79 Å². The van der Waals surface area contributed by atoms with Crippen LogP contribution in [-0.4, -0.2) is 13.1 Å². The molecule has 142 valence electrons. The van der Waals surface area contributed by atoms with E-state index in [1.165, 1.54) is 6.08 Å². The van der Waals surface area contributed by atoms with Crippen LogP contribution in [0.5, 0.6) is 11.5 Å². The van der Waals surface area contributed by atoms with Gasteiger partial charge in [-0.1, -0.05) is 66.7 Å². The first-order chi connectivity index (χ1) is 13.7. The van der Waals surface area contributed by atoms with E-state index < -0.39 is 5.97 Å². The standard InChI is InChI=1S/C24H22O4/c1-26-23-16-19(12-14-22(23)27-17-20-8-4-2-5-9-20)13-15-24(25)28-18-21-10-6-3-7-11-21/h2-16H,17-18H2,1H3/b15-13+. The second-order valence-electron chi connectivity index (χ2n) is 6.11. The van der Waals surface area contributed by atoms with Gasteiger partial charge in [0.05, 0.1) is 7.11 Å². The first-order valence-corrected chi connectivity index (χ1v) is 8.98. The summed E-state index contributed by atoms with van der Waals surface area (Å²) in [4.78, 5) is 11.9. The predicted octanol–water partition coefficient (Wildman–Crippen LogP) is 5.03. The molecule has 0 heterocycles. The summed E-state index contributed by atoms with van der Waals surface area (Å²) in [5.41, 5.74) is 2.85. The minimum Gasteiger partial charge on any atom is -0.493 e. The van der Waals surface area contributed by atoms with Gasteiger partial charge in [0.15, 0.2) is 11.5 Å². The number of benzene rings is 3. The second kappa shape index (κ2) is 9.97. The fourth-order valence-corrected chi connectivity index (χ4v) is 2.58. The number of rotatable bonds is 8. The van der Waals surface area contributed by atoms with Gasteiger partial charge in [0, 0.05) is 6.08 Å². The van der Waals surface area contributed by atoms with Crippen LogP contribution in [0, 0.1) is 0 Å². The van der Waals surface area contributed by atoms with Gasteiger partial charge in [0.25, 0.3) is 0 Å². The number of hydrogen-bond donors (Lipinski definition) is 0. The molecule has 0 N–H and O–H groups in total. The van der Waals surface area contributed by atoms with Crippen LogP contribution in [0.3, 0.4) is 0 Å². The maximum Gasteiger partial charge on any atom is 0.331 e. The molecule has 28 heavy (non-hydrogen) atoms. The van der Waals surface area contributed by atoms with Crippen LogP contribution in [0.15, 0.2) is 84.9 Å². The smallest absolute Gasteiger partial charge is 0.331 e. The van der Waals surface area contributed by atoms with Gasteiger partial charge in [-0.2, -0.15) is 0 Å². The molecule has 0 aliphatic carbocycles. The largest absolute Gasteiger partial charge is 0.493 e. The van der Waals surface area contributed by atoms with Crippen molar-refractivity contribution in [2.24, 2.45) is 0 Å². The van der Waals surface area contributed by atoms with Gasteiger partial charge in [0.1, 0.15) is 13.2 Å². The molecule has 3 aromatic rings. The van der Waals surface area contributed by atoms with Crippen molar-refractivity contribution >= 4 is 12.0 Å². The Hall–Kier alpha value is -3.53. The Labute approximate surface area is 165 Å². The molecule has 0 aliphatic rings. The Morgan fingerprint density at radius 1 is 0.821 bits per heavy atom. The quantitative estimate of drug-likeness (QED) is 0.410. The van der Waals surface area contributed by atoms with E-state index in [0.29, 0.717) is 18.1 Å². The van der Waals surface area contributed by atoms with Crippen LogP contribution in [0.1, 0.15) is 16.7 Å². The van der Waals surface area contributed by atoms with Crippen LogP contribution >= 0.6 is 0 Å². The molecule has 0 amide bonds. The molecule has 0 fully saturated rings. The van der Waals surface area contributed by atoms with E-state index in [4.69, 9.17) is 14.2 Å². The molecule has 3 aromatic carbocycles. The fraction of sp³-hybridized carbons (Fsp3) is 0.125. The van der Waals surface area contributed by atoms with E-state index in [0.717, 1.165) is 16.7 Å². The van der Waals surface area contributed by atoms with Crippen LogP contribution in [0.25, 0.3) is 6.08 Å². The average molecular weight is 374 g/mol. The lowest BCUT2D eigenvalue weighted by Gasteiger charge is -2.11. The minimum atomic E-state index is -0.396. The number of carbonyl (C=O) groups is 1. The third-order valence-electron chi connectivity index (χ3n) is 4.06. The van der Waals surface area contributed by atoms with E-state index in [-0.39, 0.29) is 6.61 Å². The predicted molar refractivity (Wildman–Crippen MR) is 109 cm³/mol. The lowest BCUT2D eigenvalue weighted by Crippen LogP contribution is -2.00. The number of ether oxygens (including phenoxy) is 3. The number of methoxy groups -OCH3 is 1. The molecule has 0 bridgehead atoms. The van der Waals surface area contributed by atoms with Crippen molar-refractivity contribution in [3.63, 3.8) is 0 Å². The first-order valence-electron chi connectivity index (χ1n) is 8.98. The summed E-state index contributed by atoms with van der Waals surface area (Å²) in [6.45, 7) is 0.706. The zero-order valence-electron chi connectivity index (χ0n) is 15.7. The summed E-state index contributed by atoms with van der Waals surface area (Å²) in [6, 6.07) is 25.0. The van der Waals surface area contributed by atoms with Gasteiger partial charge in [0.2, 0.25) is 0 Å². The van der Waals surface area contributed by atoms with Crippen molar-refractivity contribution in [1.29, 1.82) is 0 Å². The highest BCUT2D eigenvalue weighted by Gasteiger charge is 2.06. The highest BCUT2D eigenvalue weighted by molar-refractivity contribution is 5.87. The molecule has 0 radical (unpaired) electrons. The maximum atomic E-state index is 11.9. The Morgan fingerprint density at radius 3 is 2.11 bits per heavy atom. The molecular formula is C24H22O4. The number of hydrogen-bond acceptors (Lipinski definition) is 4. The Bertz CT molecular complexity index is 918. The maximum absolute atomic E-state index is 11.9. The summed E-state index contributed by atoms with van der Waals surface area (Å²) in [7, 11) is 1.59. The van der Waals surface area contributed by atoms with Crippen molar-refractivity contribution in [1.82, 2.24) is 0 Å². The summed E-state index contributed by atoms with van der Waals surface area (Å²) >= 11 is 0. The summed E-state index contributed by atoms with van der Waals surface area (Å²) in [5.74, 6) is 0.859. The number of esters is 1. The van der Waals surface area contributed by atoms with E-state index in [1.807, 2.05) is 78.9 Å².